The summed E-state index contributed by atoms with van der Waals surface area (Å²) in [5.41, 5.74) is 0.966. The van der Waals surface area contributed by atoms with Crippen molar-refractivity contribution < 1.29 is 9.18 Å². The third kappa shape index (κ3) is 2.62. The van der Waals surface area contributed by atoms with Crippen molar-refractivity contribution in [2.45, 2.75) is 19.3 Å². The summed E-state index contributed by atoms with van der Waals surface area (Å²) in [6.07, 6.45) is 1.34. The minimum Gasteiger partial charge on any atom is -0.303 e. The topological polar surface area (TPSA) is 17.1 Å². The monoisotopic (exact) mass is 244 g/mol. The van der Waals surface area contributed by atoms with Crippen molar-refractivity contribution in [2.24, 2.45) is 0 Å². The van der Waals surface area contributed by atoms with Gasteiger partial charge in [-0.05, 0) is 23.6 Å². The Balaban J connectivity index is 2.94. The summed E-state index contributed by atoms with van der Waals surface area (Å²) in [5, 5.41) is 0. The van der Waals surface area contributed by atoms with E-state index in [0.717, 1.165) is 16.3 Å². The number of hydrogen-bond donors (Lipinski definition) is 0. The fourth-order valence-corrected chi connectivity index (χ4v) is 1.91. The Kier molecular flexibility index (Phi) is 3.60. The highest BCUT2D eigenvalue weighted by Gasteiger charge is 2.08. The summed E-state index contributed by atoms with van der Waals surface area (Å²) in [6, 6.07) is 4.52. The number of halogens is 2. The average molecular weight is 245 g/mol. The van der Waals surface area contributed by atoms with E-state index >= 15 is 0 Å². The first-order valence-corrected chi connectivity index (χ1v) is 4.83. The zero-order chi connectivity index (χ0) is 9.84. The minimum atomic E-state index is -0.270. The summed E-state index contributed by atoms with van der Waals surface area (Å²) in [7, 11) is 0. The summed E-state index contributed by atoms with van der Waals surface area (Å²) < 4.78 is 13.4. The Bertz CT molecular complexity index is 312. The van der Waals surface area contributed by atoms with E-state index in [1.165, 1.54) is 12.1 Å². The maximum Gasteiger partial charge on any atom is 0.124 e. The molecule has 0 aliphatic carbocycles. The van der Waals surface area contributed by atoms with Crippen molar-refractivity contribution >= 4 is 22.2 Å². The van der Waals surface area contributed by atoms with Crippen molar-refractivity contribution in [3.63, 3.8) is 0 Å². The first kappa shape index (κ1) is 10.4. The van der Waals surface area contributed by atoms with Gasteiger partial charge in [-0.2, -0.15) is 0 Å². The van der Waals surface area contributed by atoms with Gasteiger partial charge >= 0.3 is 0 Å². The molecule has 0 spiro atoms. The zero-order valence-electron chi connectivity index (χ0n) is 7.26. The number of benzene rings is 1. The summed E-state index contributed by atoms with van der Waals surface area (Å²) >= 11 is 3.26. The number of rotatable bonds is 3. The van der Waals surface area contributed by atoms with E-state index in [0.29, 0.717) is 6.42 Å². The standard InChI is InChI=1S/C10H10BrFO/c1-7(4-5-13)9-3-2-8(12)6-10(9)11/h2-3,5-7H,4H2,1H3. The molecule has 0 N–H and O–H groups in total. The van der Waals surface area contributed by atoms with Gasteiger partial charge in [0.2, 0.25) is 0 Å². The van der Waals surface area contributed by atoms with Crippen LogP contribution in [-0.4, -0.2) is 6.29 Å². The molecule has 1 nitrogen and oxygen atoms in total. The second kappa shape index (κ2) is 4.51. The SMILES string of the molecule is CC(CC=O)c1ccc(F)cc1Br. The van der Waals surface area contributed by atoms with Gasteiger partial charge in [0.1, 0.15) is 12.1 Å². The van der Waals surface area contributed by atoms with E-state index in [4.69, 9.17) is 0 Å². The summed E-state index contributed by atoms with van der Waals surface area (Å²) in [6.45, 7) is 1.94. The van der Waals surface area contributed by atoms with Crippen LogP contribution in [0.2, 0.25) is 0 Å². The van der Waals surface area contributed by atoms with Crippen molar-refractivity contribution in [3.05, 3.63) is 34.1 Å². The summed E-state index contributed by atoms with van der Waals surface area (Å²) in [5.74, 6) is -0.138. The molecule has 0 aliphatic rings. The van der Waals surface area contributed by atoms with Crippen LogP contribution in [-0.2, 0) is 4.79 Å². The van der Waals surface area contributed by atoms with Gasteiger partial charge in [-0.15, -0.1) is 0 Å². The second-order valence-corrected chi connectivity index (χ2v) is 3.82. The number of aldehydes is 1. The molecule has 0 saturated carbocycles. The van der Waals surface area contributed by atoms with Crippen LogP contribution in [0.25, 0.3) is 0 Å². The molecule has 0 heterocycles. The Morgan fingerprint density at radius 3 is 2.85 bits per heavy atom. The lowest BCUT2D eigenvalue weighted by molar-refractivity contribution is -0.108. The van der Waals surface area contributed by atoms with Gasteiger partial charge in [0.25, 0.3) is 0 Å². The fourth-order valence-electron chi connectivity index (χ4n) is 1.17. The molecule has 1 rings (SSSR count). The lowest BCUT2D eigenvalue weighted by Crippen LogP contribution is -1.95. The molecule has 13 heavy (non-hydrogen) atoms. The zero-order valence-corrected chi connectivity index (χ0v) is 8.84. The van der Waals surface area contributed by atoms with Crippen LogP contribution in [0.3, 0.4) is 0 Å². The van der Waals surface area contributed by atoms with E-state index in [1.807, 2.05) is 6.92 Å². The molecule has 0 radical (unpaired) electrons. The first-order valence-electron chi connectivity index (χ1n) is 4.03. The molecular formula is C10H10BrFO. The molecule has 1 atom stereocenters. The third-order valence-corrected chi connectivity index (χ3v) is 2.63. The van der Waals surface area contributed by atoms with Crippen molar-refractivity contribution in [1.29, 1.82) is 0 Å². The smallest absolute Gasteiger partial charge is 0.124 e. The van der Waals surface area contributed by atoms with Crippen LogP contribution in [0.5, 0.6) is 0 Å². The van der Waals surface area contributed by atoms with Gasteiger partial charge in [0, 0.05) is 10.9 Å². The second-order valence-electron chi connectivity index (χ2n) is 2.97. The molecule has 3 heteroatoms. The number of hydrogen-bond acceptors (Lipinski definition) is 1. The van der Waals surface area contributed by atoms with Crippen LogP contribution < -0.4 is 0 Å². The Labute approximate surface area is 85.1 Å². The lowest BCUT2D eigenvalue weighted by Gasteiger charge is -2.10. The molecule has 0 bridgehead atoms. The fraction of sp³-hybridized carbons (Fsp3) is 0.300. The van der Waals surface area contributed by atoms with Crippen LogP contribution in [0.1, 0.15) is 24.8 Å². The van der Waals surface area contributed by atoms with Crippen LogP contribution in [0.15, 0.2) is 22.7 Å². The molecule has 0 aliphatic heterocycles. The molecule has 0 amide bonds. The Hall–Kier alpha value is -0.700. The van der Waals surface area contributed by atoms with E-state index in [9.17, 15) is 9.18 Å². The molecule has 70 valence electrons. The van der Waals surface area contributed by atoms with Gasteiger partial charge in [-0.1, -0.05) is 28.9 Å². The highest BCUT2D eigenvalue weighted by atomic mass is 79.9. The molecule has 0 aromatic heterocycles. The largest absolute Gasteiger partial charge is 0.303 e. The third-order valence-electron chi connectivity index (χ3n) is 1.94. The average Bonchev–Trinajstić information content (AvgIpc) is 2.04. The summed E-state index contributed by atoms with van der Waals surface area (Å²) in [4.78, 5) is 10.3. The molecular weight excluding hydrogens is 235 g/mol. The quantitative estimate of drug-likeness (QED) is 0.747. The van der Waals surface area contributed by atoms with Crippen LogP contribution in [0.4, 0.5) is 4.39 Å². The Morgan fingerprint density at radius 1 is 1.62 bits per heavy atom. The predicted molar refractivity (Wildman–Crippen MR) is 53.2 cm³/mol. The van der Waals surface area contributed by atoms with Gasteiger partial charge in [-0.25, -0.2) is 4.39 Å². The highest BCUT2D eigenvalue weighted by molar-refractivity contribution is 9.10. The maximum atomic E-state index is 12.7. The number of carbonyl (C=O) groups is 1. The van der Waals surface area contributed by atoms with E-state index < -0.39 is 0 Å². The van der Waals surface area contributed by atoms with Gasteiger partial charge < -0.3 is 4.79 Å². The molecule has 0 fully saturated rings. The van der Waals surface area contributed by atoms with E-state index in [-0.39, 0.29) is 11.7 Å². The first-order chi connectivity index (χ1) is 6.15. The maximum absolute atomic E-state index is 12.7. The normalized spacial score (nSPS) is 12.5. The van der Waals surface area contributed by atoms with Crippen LogP contribution >= 0.6 is 15.9 Å². The van der Waals surface area contributed by atoms with Gasteiger partial charge in [0.05, 0.1) is 0 Å². The predicted octanol–water partition coefficient (Wildman–Crippen LogP) is 3.28. The molecule has 0 saturated heterocycles. The molecule has 1 aromatic rings. The Morgan fingerprint density at radius 2 is 2.31 bits per heavy atom. The molecule has 1 unspecified atom stereocenters. The van der Waals surface area contributed by atoms with Crippen molar-refractivity contribution in [3.8, 4) is 0 Å². The van der Waals surface area contributed by atoms with Gasteiger partial charge in [-0.3, -0.25) is 0 Å². The molecule has 1 aromatic carbocycles. The lowest BCUT2D eigenvalue weighted by atomic mass is 9.99. The van der Waals surface area contributed by atoms with Crippen molar-refractivity contribution in [2.75, 3.05) is 0 Å². The number of carbonyl (C=O) groups excluding carboxylic acids is 1. The van der Waals surface area contributed by atoms with Gasteiger partial charge in [0.15, 0.2) is 0 Å². The van der Waals surface area contributed by atoms with Crippen molar-refractivity contribution in [1.82, 2.24) is 0 Å². The minimum absolute atomic E-state index is 0.132. The highest BCUT2D eigenvalue weighted by Crippen LogP contribution is 2.26. The van der Waals surface area contributed by atoms with E-state index in [1.54, 1.807) is 6.07 Å². The van der Waals surface area contributed by atoms with E-state index in [2.05, 4.69) is 15.9 Å². The van der Waals surface area contributed by atoms with Crippen LogP contribution in [0, 0.1) is 5.82 Å².